The first-order valence-corrected chi connectivity index (χ1v) is 12.3. The Morgan fingerprint density at radius 3 is 2.00 bits per heavy atom. The maximum Gasteiger partial charge on any atom is 0.332 e. The van der Waals surface area contributed by atoms with E-state index in [1.54, 1.807) is 0 Å². The molecule has 6 heteroatoms. The zero-order valence-corrected chi connectivity index (χ0v) is 19.3. The summed E-state index contributed by atoms with van der Waals surface area (Å²) >= 11 is 0. The highest BCUT2D eigenvalue weighted by Gasteiger charge is 2.60. The second-order valence-corrected chi connectivity index (χ2v) is 13.3. The Bertz CT molecular complexity index is 794. The average molecular weight is 429 g/mol. The Balaban J connectivity index is 2.00. The highest BCUT2D eigenvalue weighted by molar-refractivity contribution is 6.99. The van der Waals surface area contributed by atoms with Gasteiger partial charge in [0.1, 0.15) is 12.2 Å². The van der Waals surface area contributed by atoms with Crippen molar-refractivity contribution in [3.05, 3.63) is 60.7 Å². The first kappa shape index (κ1) is 22.7. The molecule has 0 unspecified atom stereocenters. The monoisotopic (exact) mass is 428 g/mol. The van der Waals surface area contributed by atoms with Crippen LogP contribution in [0.5, 0.6) is 0 Å². The van der Waals surface area contributed by atoms with Crippen molar-refractivity contribution < 1.29 is 23.8 Å². The van der Waals surface area contributed by atoms with E-state index in [2.05, 4.69) is 45.0 Å². The predicted molar refractivity (Wildman–Crippen MR) is 119 cm³/mol. The molecule has 0 radical (unpaired) electrons. The van der Waals surface area contributed by atoms with E-state index in [-0.39, 0.29) is 30.8 Å². The van der Waals surface area contributed by atoms with Crippen molar-refractivity contribution in [1.82, 2.24) is 0 Å². The van der Waals surface area contributed by atoms with Gasteiger partial charge < -0.3 is 19.0 Å². The Morgan fingerprint density at radius 2 is 1.60 bits per heavy atom. The quantitative estimate of drug-likeness (QED) is 0.491. The average Bonchev–Trinajstić information content (AvgIpc) is 3.42. The fourth-order valence-corrected chi connectivity index (χ4v) is 8.90. The zero-order valence-electron chi connectivity index (χ0n) is 18.3. The third-order valence-corrected chi connectivity index (χ3v) is 10.9. The normalized spacial score (nSPS) is 21.3. The van der Waals surface area contributed by atoms with E-state index < -0.39 is 19.9 Å². The van der Waals surface area contributed by atoms with Crippen LogP contribution in [0.1, 0.15) is 27.2 Å². The number of hydrogen-bond donors (Lipinski definition) is 1. The van der Waals surface area contributed by atoms with E-state index in [0.29, 0.717) is 6.42 Å². The first-order valence-electron chi connectivity index (χ1n) is 10.4. The molecule has 1 saturated carbocycles. The number of esters is 1. The summed E-state index contributed by atoms with van der Waals surface area (Å²) in [4.78, 5) is 12.1. The van der Waals surface area contributed by atoms with E-state index in [1.165, 1.54) is 17.5 Å². The van der Waals surface area contributed by atoms with Crippen LogP contribution in [0, 0.1) is 5.92 Å². The molecule has 0 heterocycles. The van der Waals surface area contributed by atoms with Gasteiger partial charge in [0.15, 0.2) is 0 Å². The van der Waals surface area contributed by atoms with E-state index in [4.69, 9.17) is 13.9 Å². The molecule has 0 aromatic heterocycles. The second kappa shape index (κ2) is 9.02. The summed E-state index contributed by atoms with van der Waals surface area (Å²) in [5, 5.41) is 11.9. The van der Waals surface area contributed by atoms with Crippen LogP contribution < -0.4 is 10.4 Å². The van der Waals surface area contributed by atoms with Gasteiger partial charge in [0.2, 0.25) is 0 Å². The third-order valence-electron chi connectivity index (χ3n) is 5.93. The van der Waals surface area contributed by atoms with Gasteiger partial charge in [0, 0.05) is 19.6 Å². The van der Waals surface area contributed by atoms with Crippen LogP contribution in [0.25, 0.3) is 0 Å². The lowest BCUT2D eigenvalue weighted by Crippen LogP contribution is -2.67. The number of rotatable bonds is 9. The maximum absolute atomic E-state index is 12.1. The van der Waals surface area contributed by atoms with E-state index >= 15 is 0 Å². The molecule has 0 saturated heterocycles. The number of hydrogen-bond acceptors (Lipinski definition) is 5. The Morgan fingerprint density at radius 1 is 1.07 bits per heavy atom. The van der Waals surface area contributed by atoms with E-state index in [9.17, 15) is 9.90 Å². The van der Waals surface area contributed by atoms with Gasteiger partial charge in [-0.05, 0) is 21.8 Å². The van der Waals surface area contributed by atoms with Gasteiger partial charge >= 0.3 is 5.97 Å². The zero-order chi connectivity index (χ0) is 21.8. The van der Waals surface area contributed by atoms with Crippen LogP contribution in [0.15, 0.2) is 60.7 Å². The lowest BCUT2D eigenvalue weighted by atomic mass is 10.2. The molecule has 2 atom stereocenters. The van der Waals surface area contributed by atoms with Crippen LogP contribution >= 0.6 is 0 Å². The van der Waals surface area contributed by atoms with Crippen molar-refractivity contribution in [1.29, 1.82) is 0 Å². The lowest BCUT2D eigenvalue weighted by molar-refractivity contribution is -0.159. The fraction of sp³-hybridized carbons (Fsp3) is 0.458. The van der Waals surface area contributed by atoms with Crippen LogP contribution in [-0.4, -0.2) is 51.9 Å². The highest BCUT2D eigenvalue weighted by Crippen LogP contribution is 2.48. The minimum Gasteiger partial charge on any atom is -0.455 e. The number of carbonyl (C=O) groups excluding carboxylic acids is 1. The van der Waals surface area contributed by atoms with Gasteiger partial charge in [0.05, 0.1) is 6.61 Å². The summed E-state index contributed by atoms with van der Waals surface area (Å²) in [5.41, 5.74) is -0.794. The predicted octanol–water partition coefficient (Wildman–Crippen LogP) is 2.50. The summed E-state index contributed by atoms with van der Waals surface area (Å²) in [6.45, 7) is 6.72. The molecular weight excluding hydrogens is 396 g/mol. The van der Waals surface area contributed by atoms with E-state index in [1.807, 2.05) is 36.4 Å². The molecule has 1 aliphatic carbocycles. The third kappa shape index (κ3) is 4.37. The van der Waals surface area contributed by atoms with Gasteiger partial charge in [0.25, 0.3) is 8.32 Å². The summed E-state index contributed by atoms with van der Waals surface area (Å²) in [6.07, 6.45) is 0.594. The molecule has 0 bridgehead atoms. The number of aliphatic hydroxyl groups is 1. The van der Waals surface area contributed by atoms with Crippen LogP contribution in [0.4, 0.5) is 0 Å². The molecule has 2 aromatic carbocycles. The molecule has 2 aromatic rings. The fourth-order valence-electron chi connectivity index (χ4n) is 4.29. The standard InChI is InChI=1S/C24H32O5Si/c1-23(2,3)30(20-11-7-5-8-12-20,21-13-9-6-10-14-21)28-18-24(15-19(24)16-25)29-22(26)17-27-4/h5-14,19,25H,15-18H2,1-4H3/t19-,24+/m1/s1. The van der Waals surface area contributed by atoms with Gasteiger partial charge in [-0.3, -0.25) is 0 Å². The van der Waals surface area contributed by atoms with Gasteiger partial charge in [-0.25, -0.2) is 4.79 Å². The second-order valence-electron chi connectivity index (χ2n) is 9.01. The number of benzene rings is 2. The molecule has 0 amide bonds. The van der Waals surface area contributed by atoms with Crippen molar-refractivity contribution in [2.75, 3.05) is 26.9 Å². The Kier molecular flexibility index (Phi) is 6.82. The number of methoxy groups -OCH3 is 1. The van der Waals surface area contributed by atoms with Crippen molar-refractivity contribution >= 4 is 24.7 Å². The largest absolute Gasteiger partial charge is 0.455 e. The minimum absolute atomic E-state index is 0.0373. The highest BCUT2D eigenvalue weighted by atomic mass is 28.4. The summed E-state index contributed by atoms with van der Waals surface area (Å²) in [6, 6.07) is 20.7. The maximum atomic E-state index is 12.1. The van der Waals surface area contributed by atoms with Gasteiger partial charge in [-0.15, -0.1) is 0 Å². The number of carbonyl (C=O) groups is 1. The van der Waals surface area contributed by atoms with Crippen LogP contribution in [0.2, 0.25) is 5.04 Å². The lowest BCUT2D eigenvalue weighted by Gasteiger charge is -2.43. The smallest absolute Gasteiger partial charge is 0.332 e. The van der Waals surface area contributed by atoms with E-state index in [0.717, 1.165) is 0 Å². The van der Waals surface area contributed by atoms with Crippen molar-refractivity contribution in [3.63, 3.8) is 0 Å². The van der Waals surface area contributed by atoms with Crippen LogP contribution in [-0.2, 0) is 18.7 Å². The van der Waals surface area contributed by atoms with Gasteiger partial charge in [-0.1, -0.05) is 81.4 Å². The number of aliphatic hydroxyl groups excluding tert-OH is 1. The molecular formula is C24H32O5Si. The molecule has 30 heavy (non-hydrogen) atoms. The number of ether oxygens (including phenoxy) is 2. The molecule has 1 aliphatic rings. The Hall–Kier alpha value is -1.99. The SMILES string of the molecule is COCC(=O)O[C@]1(CO[Si](c2ccccc2)(c2ccccc2)C(C)(C)C)C[C@@H]1CO. The minimum atomic E-state index is -2.74. The molecule has 0 spiro atoms. The summed E-state index contributed by atoms with van der Waals surface area (Å²) < 4.78 is 17.6. The first-order chi connectivity index (χ1) is 14.3. The topological polar surface area (TPSA) is 65.0 Å². The van der Waals surface area contributed by atoms with Gasteiger partial charge in [-0.2, -0.15) is 0 Å². The molecule has 162 valence electrons. The van der Waals surface area contributed by atoms with Crippen molar-refractivity contribution in [2.45, 2.75) is 37.8 Å². The summed E-state index contributed by atoms with van der Waals surface area (Å²) in [5.74, 6) is -0.545. The van der Waals surface area contributed by atoms with Crippen molar-refractivity contribution in [2.24, 2.45) is 5.92 Å². The molecule has 0 aliphatic heterocycles. The molecule has 1 fully saturated rings. The Labute approximate surface area is 180 Å². The van der Waals surface area contributed by atoms with Crippen molar-refractivity contribution in [3.8, 4) is 0 Å². The summed E-state index contributed by atoms with van der Waals surface area (Å²) in [7, 11) is -1.27. The molecule has 3 rings (SSSR count). The van der Waals surface area contributed by atoms with Crippen LogP contribution in [0.3, 0.4) is 0 Å². The molecule has 1 N–H and O–H groups in total. The molecule has 5 nitrogen and oxygen atoms in total.